The molecule has 0 atom stereocenters. The number of halogens is 4. The van der Waals surface area contributed by atoms with Gasteiger partial charge in [-0.05, 0) is 42.0 Å². The molecule has 0 aliphatic heterocycles. The van der Waals surface area contributed by atoms with E-state index in [0.717, 1.165) is 17.7 Å². The number of amides is 1. The van der Waals surface area contributed by atoms with Crippen molar-refractivity contribution in [2.24, 2.45) is 0 Å². The number of carbonyl (C=O) groups excluding carboxylic acids is 1. The maximum atomic E-state index is 12.8. The van der Waals surface area contributed by atoms with Gasteiger partial charge in [-0.15, -0.1) is 0 Å². The van der Waals surface area contributed by atoms with Gasteiger partial charge in [-0.3, -0.25) is 4.79 Å². The lowest BCUT2D eigenvalue weighted by Crippen LogP contribution is -2.23. The van der Waals surface area contributed by atoms with E-state index in [2.05, 4.69) is 10.0 Å². The van der Waals surface area contributed by atoms with Crippen molar-refractivity contribution in [2.75, 3.05) is 11.9 Å². The van der Waals surface area contributed by atoms with Gasteiger partial charge in [-0.2, -0.15) is 13.2 Å². The second kappa shape index (κ2) is 10.2. The Morgan fingerprint density at radius 2 is 1.70 bits per heavy atom. The molecular formula is C22H18ClF3N2O4S. The minimum atomic E-state index is -4.54. The van der Waals surface area contributed by atoms with Crippen molar-refractivity contribution in [3.8, 4) is 5.75 Å². The van der Waals surface area contributed by atoms with E-state index < -0.39 is 34.3 Å². The van der Waals surface area contributed by atoms with Crippen LogP contribution in [0.2, 0.25) is 5.02 Å². The maximum absolute atomic E-state index is 12.8. The number of carbonyl (C=O) groups is 1. The molecule has 0 aliphatic rings. The Balaban J connectivity index is 1.59. The van der Waals surface area contributed by atoms with Gasteiger partial charge in [0.15, 0.2) is 6.61 Å². The summed E-state index contributed by atoms with van der Waals surface area (Å²) in [6.45, 7) is -0.455. The quantitative estimate of drug-likeness (QED) is 0.465. The molecule has 0 heterocycles. The Morgan fingerprint density at radius 3 is 2.36 bits per heavy atom. The Labute approximate surface area is 193 Å². The summed E-state index contributed by atoms with van der Waals surface area (Å²) in [6.07, 6.45) is -4.54. The molecule has 0 fully saturated rings. The van der Waals surface area contributed by atoms with Crippen LogP contribution in [0.3, 0.4) is 0 Å². The van der Waals surface area contributed by atoms with Crippen LogP contribution in [0.15, 0.2) is 77.7 Å². The Kier molecular flexibility index (Phi) is 7.62. The Bertz CT molecular complexity index is 1240. The van der Waals surface area contributed by atoms with E-state index in [-0.39, 0.29) is 27.9 Å². The molecule has 3 aromatic carbocycles. The predicted molar refractivity (Wildman–Crippen MR) is 117 cm³/mol. The summed E-state index contributed by atoms with van der Waals surface area (Å²) in [4.78, 5) is 11.9. The first-order chi connectivity index (χ1) is 15.5. The number of hydrogen-bond acceptors (Lipinski definition) is 4. The Hall–Kier alpha value is -3.08. The summed E-state index contributed by atoms with van der Waals surface area (Å²) in [5.74, 6) is -0.676. The summed E-state index contributed by atoms with van der Waals surface area (Å²) in [7, 11) is -3.85. The zero-order valence-corrected chi connectivity index (χ0v) is 18.5. The van der Waals surface area contributed by atoms with Crippen molar-refractivity contribution in [3.63, 3.8) is 0 Å². The largest absolute Gasteiger partial charge is 0.482 e. The zero-order valence-electron chi connectivity index (χ0n) is 16.9. The summed E-state index contributed by atoms with van der Waals surface area (Å²) >= 11 is 6.09. The monoisotopic (exact) mass is 498 g/mol. The van der Waals surface area contributed by atoms with Gasteiger partial charge in [-0.1, -0.05) is 48.0 Å². The molecule has 0 radical (unpaired) electrons. The molecule has 2 N–H and O–H groups in total. The van der Waals surface area contributed by atoms with Crippen LogP contribution < -0.4 is 14.8 Å². The number of alkyl halides is 3. The first kappa shape index (κ1) is 24.6. The van der Waals surface area contributed by atoms with Gasteiger partial charge >= 0.3 is 6.18 Å². The van der Waals surface area contributed by atoms with E-state index in [0.29, 0.717) is 0 Å². The van der Waals surface area contributed by atoms with Gasteiger partial charge in [0.25, 0.3) is 5.91 Å². The van der Waals surface area contributed by atoms with Crippen LogP contribution in [0.25, 0.3) is 0 Å². The first-order valence-corrected chi connectivity index (χ1v) is 11.3. The van der Waals surface area contributed by atoms with Gasteiger partial charge < -0.3 is 10.1 Å². The normalized spacial score (nSPS) is 11.8. The number of anilines is 1. The molecule has 0 spiro atoms. The van der Waals surface area contributed by atoms with Crippen LogP contribution >= 0.6 is 11.6 Å². The van der Waals surface area contributed by atoms with Crippen molar-refractivity contribution in [1.29, 1.82) is 0 Å². The zero-order chi connectivity index (χ0) is 24.1. The fourth-order valence-electron chi connectivity index (χ4n) is 2.74. The average molecular weight is 499 g/mol. The third-order valence-electron chi connectivity index (χ3n) is 4.36. The van der Waals surface area contributed by atoms with Gasteiger partial charge in [0.1, 0.15) is 5.75 Å². The third kappa shape index (κ3) is 6.95. The molecular weight excluding hydrogens is 481 g/mol. The van der Waals surface area contributed by atoms with Crippen LogP contribution in [0.4, 0.5) is 18.9 Å². The summed E-state index contributed by atoms with van der Waals surface area (Å²) in [5, 5.41) is 2.25. The van der Waals surface area contributed by atoms with Crippen LogP contribution in [0.5, 0.6) is 5.75 Å². The highest BCUT2D eigenvalue weighted by Gasteiger charge is 2.30. The molecule has 174 valence electrons. The lowest BCUT2D eigenvalue weighted by Gasteiger charge is -2.12. The molecule has 0 aliphatic carbocycles. The second-order valence-electron chi connectivity index (χ2n) is 6.82. The van der Waals surface area contributed by atoms with Crippen LogP contribution in [0, 0.1) is 0 Å². The molecule has 3 aromatic rings. The van der Waals surface area contributed by atoms with E-state index in [4.69, 9.17) is 16.3 Å². The van der Waals surface area contributed by atoms with Crippen LogP contribution in [-0.4, -0.2) is 20.9 Å². The summed E-state index contributed by atoms with van der Waals surface area (Å²) in [5.41, 5.74) is -0.170. The minimum absolute atomic E-state index is 0.0397. The maximum Gasteiger partial charge on any atom is 0.416 e. The fourth-order valence-corrected chi connectivity index (χ4v) is 4.08. The highest BCUT2D eigenvalue weighted by atomic mass is 35.5. The molecule has 0 saturated heterocycles. The first-order valence-electron chi connectivity index (χ1n) is 9.48. The third-order valence-corrected chi connectivity index (χ3v) is 6.05. The van der Waals surface area contributed by atoms with E-state index in [1.807, 2.05) is 6.07 Å². The van der Waals surface area contributed by atoms with E-state index >= 15 is 0 Å². The molecule has 33 heavy (non-hydrogen) atoms. The highest BCUT2D eigenvalue weighted by molar-refractivity contribution is 7.89. The van der Waals surface area contributed by atoms with Crippen molar-refractivity contribution in [2.45, 2.75) is 17.6 Å². The Morgan fingerprint density at radius 1 is 0.970 bits per heavy atom. The molecule has 0 bridgehead atoms. The second-order valence-corrected chi connectivity index (χ2v) is 8.99. The molecule has 3 rings (SSSR count). The van der Waals surface area contributed by atoms with Crippen LogP contribution in [0.1, 0.15) is 11.1 Å². The smallest absolute Gasteiger partial charge is 0.416 e. The topological polar surface area (TPSA) is 84.5 Å². The standard InChI is InChI=1S/C22H18ClF3N2O4S/c23-19-12-18(33(30,31)27-13-15-5-2-1-3-6-15)9-10-20(19)32-14-21(29)28-17-8-4-7-16(11-17)22(24,25)26/h1-12,27H,13-14H2,(H,28,29). The SMILES string of the molecule is O=C(COc1ccc(S(=O)(=O)NCc2ccccc2)cc1Cl)Nc1cccc(C(F)(F)F)c1. The fraction of sp³-hybridized carbons (Fsp3) is 0.136. The number of nitrogens with one attached hydrogen (secondary N) is 2. The lowest BCUT2D eigenvalue weighted by atomic mass is 10.2. The van der Waals surface area contributed by atoms with E-state index in [9.17, 15) is 26.4 Å². The predicted octanol–water partition coefficient (Wildman–Crippen LogP) is 4.85. The molecule has 0 saturated carbocycles. The molecule has 1 amide bonds. The van der Waals surface area contributed by atoms with Gasteiger partial charge in [-0.25, -0.2) is 13.1 Å². The number of rotatable bonds is 8. The van der Waals surface area contributed by atoms with Gasteiger partial charge in [0.2, 0.25) is 10.0 Å². The van der Waals surface area contributed by atoms with E-state index in [1.165, 1.54) is 30.3 Å². The summed E-state index contributed by atoms with van der Waals surface area (Å²) < 4.78 is 71.0. The summed E-state index contributed by atoms with van der Waals surface area (Å²) in [6, 6.07) is 16.8. The number of benzene rings is 3. The average Bonchev–Trinajstić information content (AvgIpc) is 2.77. The van der Waals surface area contributed by atoms with Crippen molar-refractivity contribution < 1.29 is 31.1 Å². The molecule has 11 heteroatoms. The van der Waals surface area contributed by atoms with Gasteiger partial charge in [0, 0.05) is 12.2 Å². The van der Waals surface area contributed by atoms with Crippen molar-refractivity contribution in [1.82, 2.24) is 4.72 Å². The molecule has 0 unspecified atom stereocenters. The number of sulfonamides is 1. The van der Waals surface area contributed by atoms with Gasteiger partial charge in [0.05, 0.1) is 15.5 Å². The highest BCUT2D eigenvalue weighted by Crippen LogP contribution is 2.31. The van der Waals surface area contributed by atoms with Crippen LogP contribution in [-0.2, 0) is 27.5 Å². The van der Waals surface area contributed by atoms with E-state index in [1.54, 1.807) is 24.3 Å². The number of ether oxygens (including phenoxy) is 1. The molecule has 0 aromatic heterocycles. The minimum Gasteiger partial charge on any atom is -0.482 e. The molecule has 6 nitrogen and oxygen atoms in total. The lowest BCUT2D eigenvalue weighted by molar-refractivity contribution is -0.137. The van der Waals surface area contributed by atoms with Crippen molar-refractivity contribution in [3.05, 3.63) is 88.9 Å². The number of hydrogen-bond donors (Lipinski definition) is 2. The van der Waals surface area contributed by atoms with Crippen molar-refractivity contribution >= 4 is 33.2 Å².